The van der Waals surface area contributed by atoms with E-state index in [2.05, 4.69) is 11.9 Å². The third-order valence-corrected chi connectivity index (χ3v) is 3.37. The van der Waals surface area contributed by atoms with Gasteiger partial charge < -0.3 is 10.6 Å². The highest BCUT2D eigenvalue weighted by Crippen LogP contribution is 2.44. The average molecular weight is 154 g/mol. The Morgan fingerprint density at radius 1 is 1.45 bits per heavy atom. The number of hydrogen-bond acceptors (Lipinski definition) is 2. The van der Waals surface area contributed by atoms with Gasteiger partial charge in [-0.25, -0.2) is 0 Å². The summed E-state index contributed by atoms with van der Waals surface area (Å²) in [5.74, 6) is 0. The van der Waals surface area contributed by atoms with Crippen LogP contribution in [0.4, 0.5) is 0 Å². The van der Waals surface area contributed by atoms with Crippen LogP contribution in [0.25, 0.3) is 0 Å². The van der Waals surface area contributed by atoms with Gasteiger partial charge in [-0.2, -0.15) is 0 Å². The Labute approximate surface area is 68.7 Å². The first kappa shape index (κ1) is 7.56. The van der Waals surface area contributed by atoms with Gasteiger partial charge in [0.1, 0.15) is 0 Å². The monoisotopic (exact) mass is 154 g/mol. The van der Waals surface area contributed by atoms with E-state index in [-0.39, 0.29) is 0 Å². The second-order valence-electron chi connectivity index (χ2n) is 4.49. The molecule has 1 heterocycles. The summed E-state index contributed by atoms with van der Waals surface area (Å²) >= 11 is 0. The predicted octanol–water partition coefficient (Wildman–Crippen LogP) is 0.820. The Hall–Kier alpha value is -0.0800. The molecule has 1 aliphatic heterocycles. The normalized spacial score (nSPS) is 45.8. The molecule has 2 rings (SSSR count). The molecule has 2 heteroatoms. The average Bonchev–Trinajstić information content (AvgIpc) is 2.44. The van der Waals surface area contributed by atoms with Crippen LogP contribution in [0.5, 0.6) is 0 Å². The van der Waals surface area contributed by atoms with Crippen molar-refractivity contribution in [3.05, 3.63) is 0 Å². The van der Waals surface area contributed by atoms with Gasteiger partial charge in [0.25, 0.3) is 0 Å². The molecule has 0 aromatic carbocycles. The van der Waals surface area contributed by atoms with Crippen molar-refractivity contribution in [2.75, 3.05) is 20.1 Å². The molecule has 0 aromatic rings. The maximum Gasteiger partial charge on any atom is 0.00448 e. The van der Waals surface area contributed by atoms with Gasteiger partial charge in [-0.3, -0.25) is 0 Å². The van der Waals surface area contributed by atoms with Crippen molar-refractivity contribution in [1.82, 2.24) is 4.90 Å². The van der Waals surface area contributed by atoms with Crippen LogP contribution >= 0.6 is 0 Å². The summed E-state index contributed by atoms with van der Waals surface area (Å²) in [5, 5.41) is 0. The molecule has 0 bridgehead atoms. The second-order valence-corrected chi connectivity index (χ2v) is 4.49. The molecule has 2 aliphatic rings. The molecule has 11 heavy (non-hydrogen) atoms. The lowest BCUT2D eigenvalue weighted by Gasteiger charge is -2.22. The van der Waals surface area contributed by atoms with Gasteiger partial charge in [-0.05, 0) is 44.7 Å². The van der Waals surface area contributed by atoms with E-state index in [0.29, 0.717) is 11.5 Å². The number of nitrogens with two attached hydrogens (primary N) is 1. The number of rotatable bonds is 0. The molecule has 64 valence electrons. The van der Waals surface area contributed by atoms with Crippen LogP contribution < -0.4 is 5.73 Å². The van der Waals surface area contributed by atoms with Gasteiger partial charge in [-0.15, -0.1) is 0 Å². The Balaban J connectivity index is 2.02. The summed E-state index contributed by atoms with van der Waals surface area (Å²) in [6.45, 7) is 2.58. The molecule has 2 fully saturated rings. The minimum absolute atomic E-state index is 0.501. The van der Waals surface area contributed by atoms with Crippen molar-refractivity contribution in [3.8, 4) is 0 Å². The van der Waals surface area contributed by atoms with Crippen LogP contribution in [-0.4, -0.2) is 31.1 Å². The molecule has 2 nitrogen and oxygen atoms in total. The lowest BCUT2D eigenvalue weighted by atomic mass is 9.85. The number of nitrogens with zero attached hydrogens (tertiary/aromatic N) is 1. The molecule has 0 aromatic heterocycles. The van der Waals surface area contributed by atoms with E-state index >= 15 is 0 Å². The van der Waals surface area contributed by atoms with Gasteiger partial charge in [0.05, 0.1) is 0 Å². The van der Waals surface area contributed by atoms with Crippen molar-refractivity contribution < 1.29 is 0 Å². The third-order valence-electron chi connectivity index (χ3n) is 3.37. The van der Waals surface area contributed by atoms with Crippen molar-refractivity contribution in [2.24, 2.45) is 11.1 Å². The van der Waals surface area contributed by atoms with Gasteiger partial charge in [0.15, 0.2) is 0 Å². The minimum Gasteiger partial charge on any atom is -0.328 e. The molecule has 1 saturated carbocycles. The second kappa shape index (κ2) is 2.46. The highest BCUT2D eigenvalue weighted by molar-refractivity contribution is 4.96. The number of hydrogen-bond donors (Lipinski definition) is 1. The fourth-order valence-electron chi connectivity index (χ4n) is 2.78. The third kappa shape index (κ3) is 1.30. The first-order chi connectivity index (χ1) is 5.20. The molecule has 0 amide bonds. The zero-order chi connectivity index (χ0) is 7.90. The standard InChI is InChI=1S/C9H18N2/c1-11-5-4-9(7-11)3-2-8(10)6-9/h8H,2-7,10H2,1H3/t8-,9-/m0/s1. The van der Waals surface area contributed by atoms with Gasteiger partial charge in [0.2, 0.25) is 0 Å². The topological polar surface area (TPSA) is 29.3 Å². The lowest BCUT2D eigenvalue weighted by molar-refractivity contribution is 0.286. The molecule has 2 atom stereocenters. The van der Waals surface area contributed by atoms with E-state index in [4.69, 9.17) is 5.73 Å². The fraction of sp³-hybridized carbons (Fsp3) is 1.00. The predicted molar refractivity (Wildman–Crippen MR) is 46.4 cm³/mol. The van der Waals surface area contributed by atoms with Crippen LogP contribution in [0.3, 0.4) is 0 Å². The van der Waals surface area contributed by atoms with Crippen molar-refractivity contribution >= 4 is 0 Å². The van der Waals surface area contributed by atoms with E-state index in [1.807, 2.05) is 0 Å². The van der Waals surface area contributed by atoms with Gasteiger partial charge in [0, 0.05) is 12.6 Å². The summed E-state index contributed by atoms with van der Waals surface area (Å²) in [4.78, 5) is 2.44. The van der Waals surface area contributed by atoms with E-state index in [9.17, 15) is 0 Å². The first-order valence-electron chi connectivity index (χ1n) is 4.64. The van der Waals surface area contributed by atoms with Crippen molar-refractivity contribution in [1.29, 1.82) is 0 Å². The molecule has 1 aliphatic carbocycles. The van der Waals surface area contributed by atoms with Crippen LogP contribution in [0.1, 0.15) is 25.7 Å². The zero-order valence-electron chi connectivity index (χ0n) is 7.34. The first-order valence-corrected chi connectivity index (χ1v) is 4.64. The van der Waals surface area contributed by atoms with Gasteiger partial charge in [-0.1, -0.05) is 0 Å². The van der Waals surface area contributed by atoms with E-state index in [1.54, 1.807) is 0 Å². The number of likely N-dealkylation sites (tertiary alicyclic amines) is 1. The summed E-state index contributed by atoms with van der Waals surface area (Å²) in [7, 11) is 2.22. The Kier molecular flexibility index (Phi) is 1.69. The molecule has 1 spiro atoms. The quantitative estimate of drug-likeness (QED) is 0.559. The Bertz CT molecular complexity index is 138. The molecule has 1 saturated heterocycles. The van der Waals surface area contributed by atoms with E-state index in [0.717, 1.165) is 0 Å². The van der Waals surface area contributed by atoms with Crippen LogP contribution in [0.2, 0.25) is 0 Å². The van der Waals surface area contributed by atoms with Crippen LogP contribution in [-0.2, 0) is 0 Å². The van der Waals surface area contributed by atoms with Crippen molar-refractivity contribution in [3.63, 3.8) is 0 Å². The molecule has 0 radical (unpaired) electrons. The van der Waals surface area contributed by atoms with Crippen LogP contribution in [0, 0.1) is 5.41 Å². The lowest BCUT2D eigenvalue weighted by Crippen LogP contribution is -2.24. The van der Waals surface area contributed by atoms with Crippen LogP contribution in [0.15, 0.2) is 0 Å². The maximum atomic E-state index is 5.92. The highest BCUT2D eigenvalue weighted by Gasteiger charge is 2.41. The maximum absolute atomic E-state index is 5.92. The SMILES string of the molecule is CN1CC[C@]2(CC[C@H](N)C2)C1. The molecular formula is C9H18N2. The minimum atomic E-state index is 0.501. The van der Waals surface area contributed by atoms with Gasteiger partial charge >= 0.3 is 0 Å². The van der Waals surface area contributed by atoms with Crippen molar-refractivity contribution in [2.45, 2.75) is 31.7 Å². The highest BCUT2D eigenvalue weighted by atomic mass is 15.1. The van der Waals surface area contributed by atoms with E-state index in [1.165, 1.54) is 38.8 Å². The van der Waals surface area contributed by atoms with E-state index < -0.39 is 0 Å². The zero-order valence-corrected chi connectivity index (χ0v) is 7.34. The Morgan fingerprint density at radius 3 is 2.73 bits per heavy atom. The molecule has 0 unspecified atom stereocenters. The molecule has 2 N–H and O–H groups in total. The summed E-state index contributed by atoms with van der Waals surface area (Å²) in [6.07, 6.45) is 5.29. The summed E-state index contributed by atoms with van der Waals surface area (Å²) in [6, 6.07) is 0.501. The Morgan fingerprint density at radius 2 is 2.27 bits per heavy atom. The fourth-order valence-corrected chi connectivity index (χ4v) is 2.78. The smallest absolute Gasteiger partial charge is 0.00448 e. The summed E-state index contributed by atoms with van der Waals surface area (Å²) < 4.78 is 0. The summed E-state index contributed by atoms with van der Waals surface area (Å²) in [5.41, 5.74) is 6.55. The largest absolute Gasteiger partial charge is 0.328 e. The molecular weight excluding hydrogens is 136 g/mol.